The molecule has 0 radical (unpaired) electrons. The number of hydrogen-bond donors (Lipinski definition) is 0. The number of piperazine rings is 1. The van der Waals surface area contributed by atoms with Gasteiger partial charge in [-0.25, -0.2) is 18.2 Å². The zero-order valence-corrected chi connectivity index (χ0v) is 17.5. The molecule has 1 aromatic heterocycles. The molecular formula is C17H25N5O6S. The Kier molecular flexibility index (Phi) is 5.68. The fourth-order valence-corrected chi connectivity index (χ4v) is 4.98. The van der Waals surface area contributed by atoms with E-state index in [0.717, 1.165) is 6.20 Å². The van der Waals surface area contributed by atoms with Crippen LogP contribution in [0.5, 0.6) is 0 Å². The van der Waals surface area contributed by atoms with Gasteiger partial charge in [-0.1, -0.05) is 0 Å². The molecule has 1 aromatic rings. The van der Waals surface area contributed by atoms with Crippen LogP contribution in [0.25, 0.3) is 0 Å². The second-order valence-electron chi connectivity index (χ2n) is 8.07. The van der Waals surface area contributed by atoms with Gasteiger partial charge in [0.1, 0.15) is 22.9 Å². The molecule has 0 aromatic carbocycles. The summed E-state index contributed by atoms with van der Waals surface area (Å²) in [6.45, 7) is 6.94. The van der Waals surface area contributed by atoms with E-state index in [-0.39, 0.29) is 45.0 Å². The normalized spacial score (nSPS) is 19.0. The van der Waals surface area contributed by atoms with Crippen molar-refractivity contribution < 1.29 is 22.9 Å². The predicted octanol–water partition coefficient (Wildman–Crippen LogP) is 1.06. The molecule has 2 aliphatic rings. The van der Waals surface area contributed by atoms with Crippen molar-refractivity contribution in [2.75, 3.05) is 44.2 Å². The minimum Gasteiger partial charge on any atom is -0.444 e. The van der Waals surface area contributed by atoms with Gasteiger partial charge in [-0.2, -0.15) is 4.31 Å². The van der Waals surface area contributed by atoms with E-state index in [0.29, 0.717) is 5.82 Å². The average Bonchev–Trinajstić information content (AvgIpc) is 2.59. The number of amides is 1. The molecule has 0 saturated carbocycles. The van der Waals surface area contributed by atoms with E-state index in [9.17, 15) is 23.3 Å². The van der Waals surface area contributed by atoms with E-state index in [2.05, 4.69) is 4.98 Å². The lowest BCUT2D eigenvalue weighted by molar-refractivity contribution is -0.385. The number of carbonyl (C=O) groups excluding carboxylic acids is 1. The predicted molar refractivity (Wildman–Crippen MR) is 105 cm³/mol. The van der Waals surface area contributed by atoms with Gasteiger partial charge in [0.05, 0.1) is 4.92 Å². The Balaban J connectivity index is 1.52. The number of anilines is 1. The summed E-state index contributed by atoms with van der Waals surface area (Å²) in [6.07, 6.45) is 0.723. The summed E-state index contributed by atoms with van der Waals surface area (Å²) in [5.41, 5.74) is -0.706. The van der Waals surface area contributed by atoms with Gasteiger partial charge in [0.15, 0.2) is 0 Å². The Labute approximate surface area is 169 Å². The van der Waals surface area contributed by atoms with Gasteiger partial charge in [0, 0.05) is 45.3 Å². The average molecular weight is 427 g/mol. The fourth-order valence-electron chi connectivity index (χ4n) is 3.15. The number of sulfonamides is 1. The Morgan fingerprint density at radius 1 is 1.21 bits per heavy atom. The van der Waals surface area contributed by atoms with E-state index in [1.807, 2.05) is 0 Å². The van der Waals surface area contributed by atoms with Gasteiger partial charge in [-0.05, 0) is 26.8 Å². The molecule has 0 bridgehead atoms. The number of aromatic nitrogens is 1. The van der Waals surface area contributed by atoms with E-state index >= 15 is 0 Å². The van der Waals surface area contributed by atoms with Crippen molar-refractivity contribution >= 4 is 27.6 Å². The summed E-state index contributed by atoms with van der Waals surface area (Å²) < 4.78 is 32.4. The van der Waals surface area contributed by atoms with Gasteiger partial charge in [-0.15, -0.1) is 0 Å². The zero-order valence-electron chi connectivity index (χ0n) is 16.6. The van der Waals surface area contributed by atoms with Crippen LogP contribution in [0, 0.1) is 10.1 Å². The minimum atomic E-state index is -3.50. The quantitative estimate of drug-likeness (QED) is 0.516. The summed E-state index contributed by atoms with van der Waals surface area (Å²) in [5, 5.41) is 10.1. The van der Waals surface area contributed by atoms with Gasteiger partial charge in [0.2, 0.25) is 10.0 Å². The third-order valence-corrected chi connectivity index (χ3v) is 7.01. The van der Waals surface area contributed by atoms with Gasteiger partial charge in [-0.3, -0.25) is 10.1 Å². The van der Waals surface area contributed by atoms with E-state index in [4.69, 9.17) is 4.74 Å². The van der Waals surface area contributed by atoms with E-state index < -0.39 is 31.9 Å². The van der Waals surface area contributed by atoms with Crippen molar-refractivity contribution in [3.8, 4) is 0 Å². The van der Waals surface area contributed by atoms with Gasteiger partial charge < -0.3 is 14.5 Å². The van der Waals surface area contributed by atoms with Crippen LogP contribution in [0.4, 0.5) is 16.3 Å². The highest BCUT2D eigenvalue weighted by atomic mass is 32.2. The SMILES string of the molecule is CC(C)(C)OC(=O)N1CCN(S(=O)(=O)C2CN(c3ccc([N+](=O)[O-])cn3)C2)CC1. The largest absolute Gasteiger partial charge is 0.444 e. The second-order valence-corrected chi connectivity index (χ2v) is 10.3. The lowest BCUT2D eigenvalue weighted by Crippen LogP contribution is -2.61. The molecule has 0 unspecified atom stereocenters. The molecule has 0 atom stereocenters. The van der Waals surface area contributed by atoms with Crippen LogP contribution in [0.3, 0.4) is 0 Å². The maximum absolute atomic E-state index is 12.8. The number of ether oxygens (including phenoxy) is 1. The third kappa shape index (κ3) is 4.75. The van der Waals surface area contributed by atoms with Crippen molar-refractivity contribution in [3.05, 3.63) is 28.4 Å². The number of rotatable bonds is 4. The molecule has 3 heterocycles. The highest BCUT2D eigenvalue weighted by molar-refractivity contribution is 7.89. The summed E-state index contributed by atoms with van der Waals surface area (Å²) >= 11 is 0. The minimum absolute atomic E-state index is 0.110. The molecule has 12 heteroatoms. The number of nitrogens with zero attached hydrogens (tertiary/aromatic N) is 5. The topological polar surface area (TPSA) is 126 Å². The van der Waals surface area contributed by atoms with Crippen molar-refractivity contribution in [2.24, 2.45) is 0 Å². The highest BCUT2D eigenvalue weighted by Gasteiger charge is 2.42. The molecule has 11 nitrogen and oxygen atoms in total. The van der Waals surface area contributed by atoms with Crippen LogP contribution >= 0.6 is 0 Å². The Morgan fingerprint density at radius 2 is 1.83 bits per heavy atom. The number of carbonyl (C=O) groups is 1. The summed E-state index contributed by atoms with van der Waals surface area (Å²) in [5.74, 6) is 0.511. The van der Waals surface area contributed by atoms with Crippen molar-refractivity contribution in [1.82, 2.24) is 14.2 Å². The smallest absolute Gasteiger partial charge is 0.410 e. The highest BCUT2D eigenvalue weighted by Crippen LogP contribution is 2.26. The first-order chi connectivity index (χ1) is 13.5. The fraction of sp³-hybridized carbons (Fsp3) is 0.647. The number of hydrogen-bond acceptors (Lipinski definition) is 8. The van der Waals surface area contributed by atoms with Crippen LogP contribution in [0.15, 0.2) is 18.3 Å². The molecule has 0 spiro atoms. The number of nitro groups is 1. The summed E-state index contributed by atoms with van der Waals surface area (Å²) in [6, 6.07) is 2.86. The lowest BCUT2D eigenvalue weighted by Gasteiger charge is -2.43. The van der Waals surface area contributed by atoms with Crippen LogP contribution in [0.2, 0.25) is 0 Å². The first-order valence-electron chi connectivity index (χ1n) is 9.29. The number of pyridine rings is 1. The van der Waals surface area contributed by atoms with Gasteiger partial charge >= 0.3 is 6.09 Å². The molecular weight excluding hydrogens is 402 g/mol. The standard InChI is InChI=1S/C17H25N5O6S/c1-17(2,3)28-16(23)19-6-8-21(9-7-19)29(26,27)14-11-20(12-14)15-5-4-13(10-18-15)22(24)25/h4-5,10,14H,6-9,11-12H2,1-3H3. The van der Waals surface area contributed by atoms with Crippen LogP contribution in [0.1, 0.15) is 20.8 Å². The molecule has 29 heavy (non-hydrogen) atoms. The zero-order chi connectivity index (χ0) is 21.4. The maximum Gasteiger partial charge on any atom is 0.410 e. The van der Waals surface area contributed by atoms with Crippen molar-refractivity contribution in [3.63, 3.8) is 0 Å². The molecule has 160 valence electrons. The molecule has 3 rings (SSSR count). The molecule has 0 aliphatic carbocycles. The Bertz CT molecular complexity index is 869. The van der Waals surface area contributed by atoms with Crippen LogP contribution in [-0.4, -0.2) is 83.7 Å². The summed E-state index contributed by atoms with van der Waals surface area (Å²) in [7, 11) is -3.50. The summed E-state index contributed by atoms with van der Waals surface area (Å²) in [4.78, 5) is 29.6. The van der Waals surface area contributed by atoms with Crippen molar-refractivity contribution in [1.29, 1.82) is 0 Å². The third-order valence-electron chi connectivity index (χ3n) is 4.79. The molecule has 0 N–H and O–H groups in total. The monoisotopic (exact) mass is 427 g/mol. The lowest BCUT2D eigenvalue weighted by atomic mass is 10.2. The Morgan fingerprint density at radius 3 is 2.31 bits per heavy atom. The van der Waals surface area contributed by atoms with E-state index in [1.165, 1.54) is 21.3 Å². The first-order valence-corrected chi connectivity index (χ1v) is 10.8. The molecule has 2 fully saturated rings. The van der Waals surface area contributed by atoms with E-state index in [1.54, 1.807) is 25.7 Å². The second kappa shape index (κ2) is 7.75. The Hall–Kier alpha value is -2.47. The van der Waals surface area contributed by atoms with Crippen LogP contribution in [-0.2, 0) is 14.8 Å². The molecule has 1 amide bonds. The maximum atomic E-state index is 12.8. The van der Waals surface area contributed by atoms with Gasteiger partial charge in [0.25, 0.3) is 5.69 Å². The molecule has 2 saturated heterocycles. The van der Waals surface area contributed by atoms with Crippen LogP contribution < -0.4 is 4.90 Å². The molecule has 2 aliphatic heterocycles. The van der Waals surface area contributed by atoms with Crippen molar-refractivity contribution in [2.45, 2.75) is 31.6 Å². The first kappa shape index (κ1) is 21.2.